The van der Waals surface area contributed by atoms with Crippen molar-refractivity contribution in [3.63, 3.8) is 0 Å². The summed E-state index contributed by atoms with van der Waals surface area (Å²) < 4.78 is 0.978. The zero-order chi connectivity index (χ0) is 11.0. The number of aromatic nitrogens is 1. The van der Waals surface area contributed by atoms with Crippen molar-refractivity contribution in [2.24, 2.45) is 0 Å². The Morgan fingerprint density at radius 1 is 1.47 bits per heavy atom. The third-order valence-electron chi connectivity index (χ3n) is 2.27. The van der Waals surface area contributed by atoms with Crippen LogP contribution in [0.15, 0.2) is 28.9 Å². The number of hydrogen-bond donors (Lipinski definition) is 1. The van der Waals surface area contributed by atoms with E-state index in [4.69, 9.17) is 0 Å². The first-order valence-electron chi connectivity index (χ1n) is 4.54. The molecule has 1 atom stereocenters. The first-order chi connectivity index (χ1) is 7.09. The monoisotopic (exact) mass is 329 g/mol. The molecule has 2 nitrogen and oxygen atoms in total. The van der Waals surface area contributed by atoms with E-state index >= 15 is 0 Å². The van der Waals surface area contributed by atoms with Crippen molar-refractivity contribution in [2.45, 2.75) is 11.8 Å². The fraction of sp³-hybridized carbons (Fsp3) is 0.182. The van der Waals surface area contributed by atoms with Crippen molar-refractivity contribution in [1.82, 2.24) is 4.98 Å². The maximum atomic E-state index is 11.8. The molecule has 0 aliphatic heterocycles. The Morgan fingerprint density at radius 2 is 2.20 bits per heavy atom. The quantitative estimate of drug-likeness (QED) is 0.657. The lowest BCUT2D eigenvalue weighted by Crippen LogP contribution is -2.08. The van der Waals surface area contributed by atoms with Crippen LogP contribution in [0.2, 0.25) is 0 Å². The minimum absolute atomic E-state index is 0.0966. The van der Waals surface area contributed by atoms with E-state index in [0.29, 0.717) is 0 Å². The number of rotatable bonds is 2. The van der Waals surface area contributed by atoms with E-state index < -0.39 is 0 Å². The largest absolute Gasteiger partial charge is 0.360 e. The van der Waals surface area contributed by atoms with Gasteiger partial charge in [-0.1, -0.05) is 31.9 Å². The summed E-state index contributed by atoms with van der Waals surface area (Å²) in [5.41, 5.74) is 1.71. The number of Topliss-reactive ketones (excluding diaryl/α,β-unsaturated/α-hetero) is 1. The predicted octanol–water partition coefficient (Wildman–Crippen LogP) is 3.90. The Kier molecular flexibility index (Phi) is 2.98. The molecule has 1 heterocycles. The van der Waals surface area contributed by atoms with Crippen molar-refractivity contribution in [3.05, 3.63) is 34.4 Å². The summed E-state index contributed by atoms with van der Waals surface area (Å²) in [6.45, 7) is 1.83. The van der Waals surface area contributed by atoms with Crippen LogP contribution in [0.4, 0.5) is 0 Å². The lowest BCUT2D eigenvalue weighted by atomic mass is 10.1. The van der Waals surface area contributed by atoms with Crippen LogP contribution in [0.3, 0.4) is 0 Å². The first-order valence-corrected chi connectivity index (χ1v) is 6.25. The number of hydrogen-bond acceptors (Lipinski definition) is 1. The Labute approximate surface area is 104 Å². The van der Waals surface area contributed by atoms with Crippen LogP contribution >= 0.6 is 31.9 Å². The third kappa shape index (κ3) is 2.01. The second kappa shape index (κ2) is 4.10. The Morgan fingerprint density at radius 3 is 2.87 bits per heavy atom. The molecular formula is C11H9Br2NO. The molecule has 2 aromatic rings. The number of nitrogens with one attached hydrogen (secondary N) is 1. The van der Waals surface area contributed by atoms with Gasteiger partial charge in [0.25, 0.3) is 0 Å². The summed E-state index contributed by atoms with van der Waals surface area (Å²) in [4.78, 5) is 14.8. The number of ketones is 1. The summed E-state index contributed by atoms with van der Waals surface area (Å²) in [6.07, 6.45) is 1.76. The average Bonchev–Trinajstić information content (AvgIpc) is 2.59. The molecule has 0 aliphatic rings. The molecule has 1 aromatic heterocycles. The van der Waals surface area contributed by atoms with Crippen molar-refractivity contribution in [3.8, 4) is 0 Å². The average molecular weight is 331 g/mol. The van der Waals surface area contributed by atoms with E-state index in [2.05, 4.69) is 36.8 Å². The highest BCUT2D eigenvalue weighted by atomic mass is 79.9. The number of halogens is 2. The first kappa shape index (κ1) is 10.9. The zero-order valence-corrected chi connectivity index (χ0v) is 11.2. The zero-order valence-electron chi connectivity index (χ0n) is 8.05. The van der Waals surface area contributed by atoms with E-state index in [1.54, 1.807) is 6.20 Å². The number of alkyl halides is 1. The van der Waals surface area contributed by atoms with E-state index in [-0.39, 0.29) is 10.6 Å². The molecule has 0 amide bonds. The fourth-order valence-corrected chi connectivity index (χ4v) is 2.12. The molecule has 1 aromatic carbocycles. The topological polar surface area (TPSA) is 32.9 Å². The molecule has 0 saturated heterocycles. The normalized spacial score (nSPS) is 13.0. The highest BCUT2D eigenvalue weighted by molar-refractivity contribution is 9.10. The van der Waals surface area contributed by atoms with Crippen LogP contribution in [-0.2, 0) is 0 Å². The van der Waals surface area contributed by atoms with Crippen LogP contribution in [0.1, 0.15) is 17.3 Å². The van der Waals surface area contributed by atoms with Gasteiger partial charge in [0, 0.05) is 27.1 Å². The smallest absolute Gasteiger partial charge is 0.178 e. The van der Waals surface area contributed by atoms with E-state index in [0.717, 1.165) is 20.9 Å². The van der Waals surface area contributed by atoms with Gasteiger partial charge in [0.15, 0.2) is 5.78 Å². The van der Waals surface area contributed by atoms with E-state index in [9.17, 15) is 4.79 Å². The molecular weight excluding hydrogens is 322 g/mol. The number of carbonyl (C=O) groups is 1. The number of H-pyrrole nitrogens is 1. The molecule has 1 unspecified atom stereocenters. The maximum Gasteiger partial charge on any atom is 0.178 e. The van der Waals surface area contributed by atoms with Crippen LogP contribution in [0.5, 0.6) is 0 Å². The molecule has 0 fully saturated rings. The molecule has 0 saturated carbocycles. The van der Waals surface area contributed by atoms with Crippen LogP contribution < -0.4 is 0 Å². The minimum Gasteiger partial charge on any atom is -0.360 e. The molecule has 4 heteroatoms. The van der Waals surface area contributed by atoms with Gasteiger partial charge in [0.05, 0.1) is 4.83 Å². The second-order valence-electron chi connectivity index (χ2n) is 3.37. The molecule has 0 aliphatic carbocycles. The van der Waals surface area contributed by atoms with Gasteiger partial charge in [-0.15, -0.1) is 0 Å². The summed E-state index contributed by atoms with van der Waals surface area (Å²) in [6, 6.07) is 5.86. The number of carbonyl (C=O) groups excluding carboxylic acids is 1. The van der Waals surface area contributed by atoms with Crippen molar-refractivity contribution < 1.29 is 4.79 Å². The van der Waals surface area contributed by atoms with Crippen molar-refractivity contribution >= 4 is 48.5 Å². The number of fused-ring (bicyclic) bond motifs is 1. The molecule has 15 heavy (non-hydrogen) atoms. The van der Waals surface area contributed by atoms with Crippen molar-refractivity contribution in [2.75, 3.05) is 0 Å². The van der Waals surface area contributed by atoms with E-state index in [1.165, 1.54) is 0 Å². The van der Waals surface area contributed by atoms with Crippen molar-refractivity contribution in [1.29, 1.82) is 0 Å². The summed E-state index contributed by atoms with van der Waals surface area (Å²) in [5.74, 6) is 0.0966. The summed E-state index contributed by atoms with van der Waals surface area (Å²) >= 11 is 6.69. The Bertz CT molecular complexity index is 516. The maximum absolute atomic E-state index is 11.8. The number of benzene rings is 1. The lowest BCUT2D eigenvalue weighted by Gasteiger charge is -2.00. The molecule has 0 spiro atoms. The third-order valence-corrected chi connectivity index (χ3v) is 3.18. The molecule has 0 radical (unpaired) electrons. The van der Waals surface area contributed by atoms with Crippen LogP contribution in [-0.4, -0.2) is 15.6 Å². The highest BCUT2D eigenvalue weighted by Crippen LogP contribution is 2.24. The summed E-state index contributed by atoms with van der Waals surface area (Å²) in [5, 5.41) is 0.959. The van der Waals surface area contributed by atoms with Crippen LogP contribution in [0, 0.1) is 0 Å². The molecule has 1 N–H and O–H groups in total. The van der Waals surface area contributed by atoms with Gasteiger partial charge in [-0.05, 0) is 25.1 Å². The second-order valence-corrected chi connectivity index (χ2v) is 5.66. The summed E-state index contributed by atoms with van der Waals surface area (Å²) in [7, 11) is 0. The lowest BCUT2D eigenvalue weighted by molar-refractivity contribution is 0.0997. The fourth-order valence-electron chi connectivity index (χ4n) is 1.51. The number of aromatic amines is 1. The predicted molar refractivity (Wildman–Crippen MR) is 68.7 cm³/mol. The van der Waals surface area contributed by atoms with Gasteiger partial charge in [0.2, 0.25) is 0 Å². The van der Waals surface area contributed by atoms with Gasteiger partial charge in [-0.2, -0.15) is 0 Å². The highest BCUT2D eigenvalue weighted by Gasteiger charge is 2.16. The Balaban J connectivity index is 2.62. The Hall–Kier alpha value is -0.610. The molecule has 78 valence electrons. The van der Waals surface area contributed by atoms with E-state index in [1.807, 2.05) is 25.1 Å². The van der Waals surface area contributed by atoms with Gasteiger partial charge < -0.3 is 4.98 Å². The van der Waals surface area contributed by atoms with Gasteiger partial charge in [-0.3, -0.25) is 4.79 Å². The molecule has 0 bridgehead atoms. The van der Waals surface area contributed by atoms with Gasteiger partial charge >= 0.3 is 0 Å². The molecule has 2 rings (SSSR count). The minimum atomic E-state index is -0.157. The SMILES string of the molecule is CC(Br)C(=O)c1c[nH]c2ccc(Br)cc12. The van der Waals surface area contributed by atoms with Gasteiger partial charge in [-0.25, -0.2) is 0 Å². The standard InChI is InChI=1S/C11H9Br2NO/c1-6(12)11(15)9-5-14-10-3-2-7(13)4-8(9)10/h2-6,14H,1H3. The van der Waals surface area contributed by atoms with Gasteiger partial charge in [0.1, 0.15) is 0 Å². The van der Waals surface area contributed by atoms with Crippen LogP contribution in [0.25, 0.3) is 10.9 Å².